The van der Waals surface area contributed by atoms with E-state index < -0.39 is 0 Å². The molecule has 33 heavy (non-hydrogen) atoms. The predicted octanol–water partition coefficient (Wildman–Crippen LogP) is 4.81. The van der Waals surface area contributed by atoms with Crippen LogP contribution in [0.3, 0.4) is 0 Å². The number of hydrogen-bond donors (Lipinski definition) is 0. The van der Waals surface area contributed by atoms with Gasteiger partial charge in [-0.2, -0.15) is 5.10 Å². The zero-order chi connectivity index (χ0) is 22.8. The first-order valence-corrected chi connectivity index (χ1v) is 11.4. The lowest BCUT2D eigenvalue weighted by Gasteiger charge is -2.30. The highest BCUT2D eigenvalue weighted by molar-refractivity contribution is 6.30. The molecule has 1 atom stereocenters. The normalized spacial score (nSPS) is 16.3. The fraction of sp³-hybridized carbons (Fsp3) is 0.333. The minimum absolute atomic E-state index is 0.0480. The molecule has 3 aromatic heterocycles. The zero-order valence-electron chi connectivity index (χ0n) is 18.3. The number of hydrogen-bond acceptors (Lipinski definition) is 6. The summed E-state index contributed by atoms with van der Waals surface area (Å²) in [6, 6.07) is 9.36. The summed E-state index contributed by atoms with van der Waals surface area (Å²) in [4.78, 5) is 19.4. The lowest BCUT2D eigenvalue weighted by molar-refractivity contribution is 0.0656. The summed E-state index contributed by atoms with van der Waals surface area (Å²) in [5.74, 6) is 1.57. The number of nitrogens with zero attached hydrogens (tertiary/aromatic N) is 5. The molecule has 0 spiro atoms. The van der Waals surface area contributed by atoms with Gasteiger partial charge < -0.3 is 13.8 Å². The van der Waals surface area contributed by atoms with Gasteiger partial charge in [-0.05, 0) is 37.5 Å². The highest BCUT2D eigenvalue weighted by Crippen LogP contribution is 2.29. The summed E-state index contributed by atoms with van der Waals surface area (Å²) in [5, 5.41) is 9.02. The van der Waals surface area contributed by atoms with Crippen LogP contribution < -0.4 is 0 Å². The fourth-order valence-corrected chi connectivity index (χ4v) is 4.22. The first kappa shape index (κ1) is 21.5. The molecule has 4 aromatic rings. The van der Waals surface area contributed by atoms with E-state index in [0.717, 1.165) is 36.3 Å². The molecule has 1 amide bonds. The molecule has 5 rings (SSSR count). The summed E-state index contributed by atoms with van der Waals surface area (Å²) in [7, 11) is 0. The summed E-state index contributed by atoms with van der Waals surface area (Å²) in [5.41, 5.74) is 2.53. The summed E-state index contributed by atoms with van der Waals surface area (Å²) >= 11 is 5.96. The maximum Gasteiger partial charge on any atom is 0.292 e. The van der Waals surface area contributed by atoms with Crippen molar-refractivity contribution in [2.24, 2.45) is 0 Å². The number of aromatic nitrogens is 4. The molecule has 1 fully saturated rings. The van der Waals surface area contributed by atoms with Gasteiger partial charge in [-0.25, -0.2) is 4.98 Å². The molecule has 1 saturated heterocycles. The van der Waals surface area contributed by atoms with Crippen molar-refractivity contribution in [3.63, 3.8) is 0 Å². The Bertz CT molecular complexity index is 1240. The second-order valence-corrected chi connectivity index (χ2v) is 8.66. The number of amides is 1. The number of likely N-dealkylation sites (tertiary alicyclic amines) is 1. The van der Waals surface area contributed by atoms with Gasteiger partial charge in [0.1, 0.15) is 11.5 Å². The van der Waals surface area contributed by atoms with E-state index in [0.29, 0.717) is 36.1 Å². The molecule has 9 heteroatoms. The van der Waals surface area contributed by atoms with Gasteiger partial charge in [-0.1, -0.05) is 28.9 Å². The minimum Gasteiger partial charge on any atom is -0.445 e. The Labute approximate surface area is 196 Å². The average molecular weight is 466 g/mol. The maximum absolute atomic E-state index is 13.1. The lowest BCUT2D eigenvalue weighted by atomic mass is 9.98. The smallest absolute Gasteiger partial charge is 0.292 e. The molecule has 0 radical (unpaired) electrons. The van der Waals surface area contributed by atoms with Crippen LogP contribution in [0.1, 0.15) is 53.5 Å². The monoisotopic (exact) mass is 465 g/mol. The fourth-order valence-electron chi connectivity index (χ4n) is 4.10. The van der Waals surface area contributed by atoms with Gasteiger partial charge in [-0.3, -0.25) is 9.48 Å². The van der Waals surface area contributed by atoms with E-state index in [1.54, 1.807) is 28.0 Å². The Kier molecular flexibility index (Phi) is 6.00. The van der Waals surface area contributed by atoms with Crippen molar-refractivity contribution in [2.75, 3.05) is 13.1 Å². The molecule has 4 heterocycles. The van der Waals surface area contributed by atoms with E-state index in [-0.39, 0.29) is 17.6 Å². The Balaban J connectivity index is 1.25. The first-order valence-electron chi connectivity index (χ1n) is 11.1. The van der Waals surface area contributed by atoms with Crippen molar-refractivity contribution in [1.29, 1.82) is 0 Å². The van der Waals surface area contributed by atoms with Crippen molar-refractivity contribution in [1.82, 2.24) is 24.8 Å². The summed E-state index contributed by atoms with van der Waals surface area (Å²) in [6.07, 6.45) is 7.81. The number of rotatable bonds is 6. The Hall–Kier alpha value is -3.39. The van der Waals surface area contributed by atoms with Crippen LogP contribution in [0.5, 0.6) is 0 Å². The molecular formula is C24H24ClN5O3. The number of halogens is 1. The third kappa shape index (κ3) is 4.71. The number of aryl methyl sites for hydroxylation is 1. The van der Waals surface area contributed by atoms with Crippen molar-refractivity contribution in [3.05, 3.63) is 76.9 Å². The molecule has 0 bridgehead atoms. The molecule has 8 nitrogen and oxygen atoms in total. The Morgan fingerprint density at radius 2 is 2.09 bits per heavy atom. The SMILES string of the molecule is CCn1cc(-c2cc(C(=O)N3CCCC(c4ncc(Cc5ccc(Cl)cc5)o4)C3)on2)cn1. The molecule has 1 aliphatic heterocycles. The summed E-state index contributed by atoms with van der Waals surface area (Å²) < 4.78 is 13.2. The van der Waals surface area contributed by atoms with E-state index in [1.165, 1.54) is 0 Å². The maximum atomic E-state index is 13.1. The van der Waals surface area contributed by atoms with Crippen molar-refractivity contribution >= 4 is 17.5 Å². The number of benzene rings is 1. The zero-order valence-corrected chi connectivity index (χ0v) is 19.0. The van der Waals surface area contributed by atoms with Gasteiger partial charge in [0.15, 0.2) is 5.89 Å². The molecule has 0 saturated carbocycles. The predicted molar refractivity (Wildman–Crippen MR) is 122 cm³/mol. The first-order chi connectivity index (χ1) is 16.1. The molecule has 0 N–H and O–H groups in total. The van der Waals surface area contributed by atoms with Gasteiger partial charge in [0, 0.05) is 48.9 Å². The van der Waals surface area contributed by atoms with Crippen LogP contribution in [-0.4, -0.2) is 43.8 Å². The standard InChI is InChI=1S/C24H24ClN5O3/c1-2-30-15-18(12-27-30)21-11-22(33-28-21)24(31)29-9-3-4-17(14-29)23-26-13-20(32-23)10-16-5-7-19(25)8-6-16/h5-8,11-13,15,17H,2-4,9-10,14H2,1H3. The van der Waals surface area contributed by atoms with E-state index in [4.69, 9.17) is 20.5 Å². The summed E-state index contributed by atoms with van der Waals surface area (Å²) in [6.45, 7) is 3.97. The Morgan fingerprint density at radius 1 is 1.24 bits per heavy atom. The topological polar surface area (TPSA) is 90.2 Å². The lowest BCUT2D eigenvalue weighted by Crippen LogP contribution is -2.39. The molecular weight excluding hydrogens is 442 g/mol. The van der Waals surface area contributed by atoms with Crippen LogP contribution in [0.2, 0.25) is 5.02 Å². The second kappa shape index (κ2) is 9.23. The minimum atomic E-state index is -0.172. The van der Waals surface area contributed by atoms with Gasteiger partial charge >= 0.3 is 0 Å². The number of oxazole rings is 1. The molecule has 1 unspecified atom stereocenters. The molecule has 1 aliphatic rings. The average Bonchev–Trinajstić information content (AvgIpc) is 3.60. The van der Waals surface area contributed by atoms with Crippen LogP contribution in [0.25, 0.3) is 11.3 Å². The largest absolute Gasteiger partial charge is 0.445 e. The third-order valence-corrected chi connectivity index (χ3v) is 6.15. The van der Waals surface area contributed by atoms with E-state index >= 15 is 0 Å². The highest BCUT2D eigenvalue weighted by atomic mass is 35.5. The van der Waals surface area contributed by atoms with Gasteiger partial charge in [-0.15, -0.1) is 0 Å². The van der Waals surface area contributed by atoms with E-state index in [1.807, 2.05) is 37.4 Å². The molecule has 0 aliphatic carbocycles. The second-order valence-electron chi connectivity index (χ2n) is 8.22. The van der Waals surface area contributed by atoms with Gasteiger partial charge in [0.2, 0.25) is 5.76 Å². The van der Waals surface area contributed by atoms with Crippen LogP contribution in [0.4, 0.5) is 0 Å². The van der Waals surface area contributed by atoms with Crippen LogP contribution in [-0.2, 0) is 13.0 Å². The van der Waals surface area contributed by atoms with Crippen molar-refractivity contribution < 1.29 is 13.7 Å². The highest BCUT2D eigenvalue weighted by Gasteiger charge is 2.30. The van der Waals surface area contributed by atoms with E-state index in [9.17, 15) is 4.79 Å². The van der Waals surface area contributed by atoms with Crippen LogP contribution in [0.15, 0.2) is 57.9 Å². The van der Waals surface area contributed by atoms with Gasteiger partial charge in [0.25, 0.3) is 5.91 Å². The van der Waals surface area contributed by atoms with Crippen LogP contribution in [0, 0.1) is 0 Å². The van der Waals surface area contributed by atoms with Crippen LogP contribution >= 0.6 is 11.6 Å². The Morgan fingerprint density at radius 3 is 2.88 bits per heavy atom. The van der Waals surface area contributed by atoms with Crippen molar-refractivity contribution in [2.45, 2.75) is 38.6 Å². The molecule has 170 valence electrons. The third-order valence-electron chi connectivity index (χ3n) is 5.89. The number of carbonyl (C=O) groups is 1. The quantitative estimate of drug-likeness (QED) is 0.406. The van der Waals surface area contributed by atoms with Crippen molar-refractivity contribution in [3.8, 4) is 11.3 Å². The van der Waals surface area contributed by atoms with E-state index in [2.05, 4.69) is 15.2 Å². The number of piperidine rings is 1. The molecule has 1 aromatic carbocycles. The number of carbonyl (C=O) groups excluding carboxylic acids is 1. The van der Waals surface area contributed by atoms with Gasteiger partial charge in [0.05, 0.1) is 18.3 Å².